The lowest BCUT2D eigenvalue weighted by Gasteiger charge is -2.13. The van der Waals surface area contributed by atoms with Gasteiger partial charge in [0.15, 0.2) is 5.78 Å². The molecule has 2 N–H and O–H groups in total. The predicted octanol–water partition coefficient (Wildman–Crippen LogP) is 0.0198. The summed E-state index contributed by atoms with van der Waals surface area (Å²) in [7, 11) is 0. The Morgan fingerprint density at radius 1 is 1.20 bits per heavy atom. The van der Waals surface area contributed by atoms with Crippen molar-refractivity contribution in [3.05, 3.63) is 0 Å². The molecule has 0 aromatic heterocycles. The summed E-state index contributed by atoms with van der Waals surface area (Å²) in [4.78, 5) is 32.9. The van der Waals surface area contributed by atoms with Crippen LogP contribution in [0.3, 0.4) is 0 Å². The van der Waals surface area contributed by atoms with E-state index in [1.165, 1.54) is 6.92 Å². The number of Topliss-reactive ketones (excluding diaryl/α,β-unsaturated/α-hetero) is 1. The Hall–Kier alpha value is -0.500. The third-order valence-electron chi connectivity index (χ3n) is 1.83. The largest absolute Gasteiger partial charge is 0.347 e. The van der Waals surface area contributed by atoms with E-state index >= 15 is 0 Å². The highest BCUT2D eigenvalue weighted by Gasteiger charge is 2.15. The molecule has 0 saturated heterocycles. The maximum Gasteiger partial charge on any atom is 0.217 e. The molecule has 0 saturated carbocycles. The Labute approximate surface area is 103 Å². The lowest BCUT2D eigenvalue weighted by atomic mass is 10.2. The number of carbonyl (C=O) groups is 3. The van der Waals surface area contributed by atoms with Gasteiger partial charge in [0, 0.05) is 29.5 Å². The highest BCUT2D eigenvalue weighted by atomic mass is 127. The van der Waals surface area contributed by atoms with E-state index in [1.807, 2.05) is 0 Å². The summed E-state index contributed by atoms with van der Waals surface area (Å²) >= 11 is 1.67. The van der Waals surface area contributed by atoms with Gasteiger partial charge >= 0.3 is 0 Å². The van der Waals surface area contributed by atoms with Crippen LogP contribution in [0.2, 0.25) is 0 Å². The summed E-state index contributed by atoms with van der Waals surface area (Å²) in [6.07, 6.45) is 0. The first-order valence-corrected chi connectivity index (χ1v) is 5.65. The molecule has 0 aliphatic carbocycles. The highest BCUT2D eigenvalue weighted by Crippen LogP contribution is 1.93. The maximum absolute atomic E-state index is 11.4. The van der Waals surface area contributed by atoms with Gasteiger partial charge in [0.05, 0.1) is 18.6 Å². The number of nitrogens with one attached hydrogen (secondary N) is 2. The van der Waals surface area contributed by atoms with Crippen molar-refractivity contribution in [1.29, 1.82) is 0 Å². The monoisotopic (exact) mass is 326 g/mol. The average molecular weight is 326 g/mol. The molecule has 0 rings (SSSR count). The van der Waals surface area contributed by atoms with Crippen molar-refractivity contribution in [2.24, 2.45) is 0 Å². The molecule has 0 unspecified atom stereocenters. The van der Waals surface area contributed by atoms with Crippen molar-refractivity contribution in [2.45, 2.75) is 32.9 Å². The minimum atomic E-state index is -0.522. The zero-order valence-electron chi connectivity index (χ0n) is 8.96. The van der Waals surface area contributed by atoms with Gasteiger partial charge in [0.1, 0.15) is 0 Å². The van der Waals surface area contributed by atoms with Gasteiger partial charge in [0.25, 0.3) is 0 Å². The third kappa shape index (κ3) is 6.56. The van der Waals surface area contributed by atoms with Crippen molar-refractivity contribution in [1.82, 2.24) is 10.6 Å². The van der Waals surface area contributed by atoms with E-state index in [9.17, 15) is 14.4 Å². The number of rotatable bonds is 6. The van der Waals surface area contributed by atoms with Crippen molar-refractivity contribution < 1.29 is 14.4 Å². The number of amides is 1. The Morgan fingerprint density at radius 2 is 1.73 bits per heavy atom. The van der Waals surface area contributed by atoms with Crippen LogP contribution in [0.25, 0.3) is 0 Å². The van der Waals surface area contributed by atoms with Crippen LogP contribution in [0.1, 0.15) is 20.8 Å². The number of hydrogen-bond donors (Lipinski definition) is 2. The fourth-order valence-corrected chi connectivity index (χ4v) is 1.09. The second-order valence-corrected chi connectivity index (χ2v) is 4.36. The van der Waals surface area contributed by atoms with E-state index in [1.54, 1.807) is 36.4 Å². The van der Waals surface area contributed by atoms with E-state index in [0.717, 1.165) is 0 Å². The molecular weight excluding hydrogens is 311 g/mol. The van der Waals surface area contributed by atoms with Crippen LogP contribution in [0.15, 0.2) is 0 Å². The summed E-state index contributed by atoms with van der Waals surface area (Å²) in [6.45, 7) is 4.73. The Morgan fingerprint density at radius 3 is 2.13 bits per heavy atom. The van der Waals surface area contributed by atoms with E-state index in [0.29, 0.717) is 0 Å². The Balaban J connectivity index is 3.93. The molecule has 0 fully saturated rings. The Kier molecular flexibility index (Phi) is 6.66. The third-order valence-corrected chi connectivity index (χ3v) is 2.76. The quantitative estimate of drug-likeness (QED) is 0.533. The minimum Gasteiger partial charge on any atom is -0.347 e. The van der Waals surface area contributed by atoms with Gasteiger partial charge in [-0.15, -0.1) is 0 Å². The van der Waals surface area contributed by atoms with Gasteiger partial charge in [-0.25, -0.2) is 0 Å². The first-order valence-electron chi connectivity index (χ1n) is 4.57. The fourth-order valence-electron chi connectivity index (χ4n) is 0.872. The van der Waals surface area contributed by atoms with Crippen LogP contribution >= 0.6 is 22.6 Å². The maximum atomic E-state index is 11.4. The number of hydrogen-bond acceptors (Lipinski definition) is 4. The molecule has 0 aliphatic heterocycles. The van der Waals surface area contributed by atoms with Crippen LogP contribution < -0.4 is 10.6 Å². The molecular formula is C9H15IN2O3. The van der Waals surface area contributed by atoms with Crippen LogP contribution in [0.4, 0.5) is 0 Å². The van der Waals surface area contributed by atoms with E-state index in [4.69, 9.17) is 0 Å². The molecule has 0 spiro atoms. The molecule has 0 aromatic rings. The van der Waals surface area contributed by atoms with Gasteiger partial charge in [-0.2, -0.15) is 0 Å². The van der Waals surface area contributed by atoms with E-state index in [2.05, 4.69) is 10.6 Å². The standard InChI is InChI=1S/C9H15IN2O3/c1-5(12-7(3)13)8(14)4-11-6(2)9(10)15/h5-6,11H,4H2,1-3H3,(H,12,13)/t5-,6-/m0/s1. The second kappa shape index (κ2) is 6.89. The van der Waals surface area contributed by atoms with Crippen molar-refractivity contribution in [3.63, 3.8) is 0 Å². The first-order chi connectivity index (χ1) is 6.84. The zero-order chi connectivity index (χ0) is 12.0. The van der Waals surface area contributed by atoms with Gasteiger partial charge in [-0.1, -0.05) is 0 Å². The molecule has 2 atom stereocenters. The van der Waals surface area contributed by atoms with Gasteiger partial charge in [-0.3, -0.25) is 14.4 Å². The van der Waals surface area contributed by atoms with Crippen molar-refractivity contribution in [3.8, 4) is 0 Å². The molecule has 0 aliphatic rings. The van der Waals surface area contributed by atoms with Crippen LogP contribution in [-0.2, 0) is 14.4 Å². The number of carbonyl (C=O) groups excluding carboxylic acids is 3. The molecule has 1 amide bonds. The normalized spacial score (nSPS) is 14.1. The summed E-state index contributed by atoms with van der Waals surface area (Å²) in [5, 5.41) is 5.26. The van der Waals surface area contributed by atoms with Crippen LogP contribution in [0, 0.1) is 0 Å². The highest BCUT2D eigenvalue weighted by molar-refractivity contribution is 14.1. The molecule has 0 bridgehead atoms. The van der Waals surface area contributed by atoms with Gasteiger partial charge in [-0.05, 0) is 13.8 Å². The van der Waals surface area contributed by atoms with E-state index in [-0.39, 0.29) is 28.1 Å². The Bertz CT molecular complexity index is 268. The van der Waals surface area contributed by atoms with Crippen LogP contribution in [0.5, 0.6) is 0 Å². The topological polar surface area (TPSA) is 75.3 Å². The smallest absolute Gasteiger partial charge is 0.217 e. The number of ketones is 1. The molecule has 0 radical (unpaired) electrons. The average Bonchev–Trinajstić information content (AvgIpc) is 2.12. The minimum absolute atomic E-state index is 0.0485. The lowest BCUT2D eigenvalue weighted by molar-refractivity contribution is -0.126. The van der Waals surface area contributed by atoms with Crippen molar-refractivity contribution >= 4 is 38.1 Å². The molecule has 0 aromatic carbocycles. The molecule has 6 heteroatoms. The number of halogens is 1. The summed E-state index contributed by atoms with van der Waals surface area (Å²) in [5.74, 6) is -0.386. The van der Waals surface area contributed by atoms with E-state index < -0.39 is 6.04 Å². The van der Waals surface area contributed by atoms with Crippen molar-refractivity contribution in [2.75, 3.05) is 6.54 Å². The SMILES string of the molecule is CC(=O)N[C@@H](C)C(=O)CN[C@@H](C)C(=O)I. The lowest BCUT2D eigenvalue weighted by Crippen LogP contribution is -2.44. The summed E-state index contributed by atoms with van der Waals surface area (Å²) in [5.41, 5.74) is 0. The molecule has 0 heterocycles. The fraction of sp³-hybridized carbons (Fsp3) is 0.667. The second-order valence-electron chi connectivity index (χ2n) is 3.30. The first kappa shape index (κ1) is 14.5. The van der Waals surface area contributed by atoms with Crippen LogP contribution in [-0.4, -0.2) is 34.1 Å². The summed E-state index contributed by atoms with van der Waals surface area (Å²) < 4.78 is -0.0485. The van der Waals surface area contributed by atoms with Gasteiger partial charge < -0.3 is 10.6 Å². The van der Waals surface area contributed by atoms with Gasteiger partial charge in [0.2, 0.25) is 9.70 Å². The predicted molar refractivity (Wildman–Crippen MR) is 64.8 cm³/mol. The molecule has 5 nitrogen and oxygen atoms in total. The molecule has 15 heavy (non-hydrogen) atoms. The zero-order valence-corrected chi connectivity index (χ0v) is 11.1. The molecule has 86 valence electrons. The summed E-state index contributed by atoms with van der Waals surface area (Å²) in [6, 6.07) is -0.870.